The molecule has 0 aromatic heterocycles. The third-order valence-electron chi connectivity index (χ3n) is 4.44. The van der Waals surface area contributed by atoms with Crippen molar-refractivity contribution in [3.05, 3.63) is 29.3 Å². The van der Waals surface area contributed by atoms with E-state index in [1.807, 2.05) is 29.2 Å². The topological polar surface area (TPSA) is 57.7 Å². The van der Waals surface area contributed by atoms with Crippen LogP contribution in [0.25, 0.3) is 0 Å². The fourth-order valence-corrected chi connectivity index (χ4v) is 6.79. The summed E-state index contributed by atoms with van der Waals surface area (Å²) in [6, 6.07) is 7.75. The highest BCUT2D eigenvalue weighted by molar-refractivity contribution is 8.02. The first-order chi connectivity index (χ1) is 11.4. The van der Waals surface area contributed by atoms with Crippen LogP contribution in [0.1, 0.15) is 6.42 Å². The molecule has 132 valence electrons. The van der Waals surface area contributed by atoms with E-state index in [-0.39, 0.29) is 22.7 Å². The normalized spacial score (nSPS) is 23.5. The maximum Gasteiger partial charge on any atom is 0.232 e. The largest absolute Gasteiger partial charge is 0.368 e. The highest BCUT2D eigenvalue weighted by atomic mass is 35.5. The second-order valence-corrected chi connectivity index (χ2v) is 10.1. The molecule has 2 heterocycles. The highest BCUT2D eigenvalue weighted by Gasteiger charge is 2.29. The van der Waals surface area contributed by atoms with Crippen LogP contribution in [-0.4, -0.2) is 67.9 Å². The van der Waals surface area contributed by atoms with E-state index in [1.54, 1.807) is 0 Å². The molecule has 0 radical (unpaired) electrons. The molecule has 1 aromatic carbocycles. The Morgan fingerprint density at radius 1 is 1.25 bits per heavy atom. The molecule has 0 aliphatic carbocycles. The molecule has 0 bridgehead atoms. The summed E-state index contributed by atoms with van der Waals surface area (Å²) in [6.45, 7) is 2.95. The zero-order chi connectivity index (χ0) is 17.2. The van der Waals surface area contributed by atoms with E-state index in [1.165, 1.54) is 11.8 Å². The fourth-order valence-electron chi connectivity index (χ4n) is 3.06. The number of sulfone groups is 1. The van der Waals surface area contributed by atoms with Gasteiger partial charge < -0.3 is 9.80 Å². The molecule has 1 aromatic rings. The number of thioether (sulfide) groups is 1. The molecule has 2 saturated heterocycles. The van der Waals surface area contributed by atoms with Crippen LogP contribution < -0.4 is 4.90 Å². The monoisotopic (exact) mass is 388 g/mol. The van der Waals surface area contributed by atoms with Crippen molar-refractivity contribution in [2.75, 3.05) is 48.3 Å². The molecule has 2 aliphatic heterocycles. The third kappa shape index (κ3) is 4.58. The Kier molecular flexibility index (Phi) is 5.62. The summed E-state index contributed by atoms with van der Waals surface area (Å²) in [5.74, 6) is 0.956. The van der Waals surface area contributed by atoms with Crippen LogP contribution >= 0.6 is 23.4 Å². The maximum atomic E-state index is 12.3. The quantitative estimate of drug-likeness (QED) is 0.788. The number of rotatable bonds is 4. The Bertz CT molecular complexity index is 703. The first-order valence-corrected chi connectivity index (χ1v) is 11.3. The van der Waals surface area contributed by atoms with Crippen molar-refractivity contribution in [2.24, 2.45) is 0 Å². The molecule has 8 heteroatoms. The van der Waals surface area contributed by atoms with Crippen LogP contribution in [0.15, 0.2) is 24.3 Å². The Hall–Kier alpha value is -0.920. The molecule has 0 unspecified atom stereocenters. The van der Waals surface area contributed by atoms with Gasteiger partial charge >= 0.3 is 0 Å². The smallest absolute Gasteiger partial charge is 0.232 e. The summed E-state index contributed by atoms with van der Waals surface area (Å²) >= 11 is 7.52. The number of halogens is 1. The highest BCUT2D eigenvalue weighted by Crippen LogP contribution is 2.25. The number of hydrogen-bond acceptors (Lipinski definition) is 5. The molecule has 1 amide bonds. The zero-order valence-corrected chi connectivity index (χ0v) is 15.7. The van der Waals surface area contributed by atoms with Gasteiger partial charge in [-0.05, 0) is 24.6 Å². The van der Waals surface area contributed by atoms with Gasteiger partial charge in [-0.3, -0.25) is 4.79 Å². The van der Waals surface area contributed by atoms with Crippen LogP contribution in [0.2, 0.25) is 5.02 Å². The lowest BCUT2D eigenvalue weighted by atomic mass is 10.2. The average molecular weight is 389 g/mol. The molecule has 2 fully saturated rings. The fraction of sp³-hybridized carbons (Fsp3) is 0.562. The lowest BCUT2D eigenvalue weighted by Crippen LogP contribution is -2.49. The molecule has 1 atom stereocenters. The molecule has 0 N–H and O–H groups in total. The minimum atomic E-state index is -2.87. The second kappa shape index (κ2) is 7.54. The van der Waals surface area contributed by atoms with Gasteiger partial charge in [0.2, 0.25) is 5.91 Å². The number of carbonyl (C=O) groups is 1. The Morgan fingerprint density at radius 3 is 2.62 bits per heavy atom. The molecule has 2 aliphatic rings. The van der Waals surface area contributed by atoms with Crippen LogP contribution in [0.3, 0.4) is 0 Å². The summed E-state index contributed by atoms with van der Waals surface area (Å²) in [5, 5.41) is 0.792. The number of nitrogens with zero attached hydrogens (tertiary/aromatic N) is 2. The molecule has 3 rings (SSSR count). The van der Waals surface area contributed by atoms with Crippen molar-refractivity contribution in [1.82, 2.24) is 4.90 Å². The molecule has 0 saturated carbocycles. The van der Waals surface area contributed by atoms with Crippen molar-refractivity contribution < 1.29 is 13.2 Å². The van der Waals surface area contributed by atoms with E-state index < -0.39 is 9.84 Å². The van der Waals surface area contributed by atoms with Gasteiger partial charge in [-0.2, -0.15) is 0 Å². The number of hydrogen-bond donors (Lipinski definition) is 0. The SMILES string of the molecule is O=C(CS[C@H]1CCS(=O)(=O)C1)N1CCN(c2cccc(Cl)c2)CC1. The number of piperazine rings is 1. The first kappa shape index (κ1) is 17.9. The van der Waals surface area contributed by atoms with Crippen molar-refractivity contribution in [1.29, 1.82) is 0 Å². The van der Waals surface area contributed by atoms with Gasteiger partial charge in [0.15, 0.2) is 9.84 Å². The first-order valence-electron chi connectivity index (χ1n) is 8.03. The minimum Gasteiger partial charge on any atom is -0.368 e. The van der Waals surface area contributed by atoms with Crippen molar-refractivity contribution in [2.45, 2.75) is 11.7 Å². The Labute approximate surface area is 152 Å². The van der Waals surface area contributed by atoms with Crippen LogP contribution in [-0.2, 0) is 14.6 Å². The Morgan fingerprint density at radius 2 is 2.00 bits per heavy atom. The van der Waals surface area contributed by atoms with Gasteiger partial charge in [-0.1, -0.05) is 17.7 Å². The molecule has 0 spiro atoms. The minimum absolute atomic E-state index is 0.0756. The predicted molar refractivity (Wildman–Crippen MR) is 99.8 cm³/mol. The number of anilines is 1. The zero-order valence-electron chi connectivity index (χ0n) is 13.4. The van der Waals surface area contributed by atoms with Crippen molar-refractivity contribution in [3.8, 4) is 0 Å². The summed E-state index contributed by atoms with van der Waals surface area (Å²) in [5.41, 5.74) is 1.08. The van der Waals surface area contributed by atoms with Gasteiger partial charge in [0.25, 0.3) is 0 Å². The molecular formula is C16H21ClN2O3S2. The van der Waals surface area contributed by atoms with Gasteiger partial charge in [-0.25, -0.2) is 8.42 Å². The van der Waals surface area contributed by atoms with Gasteiger partial charge in [0.1, 0.15) is 0 Å². The van der Waals surface area contributed by atoms with E-state index in [9.17, 15) is 13.2 Å². The number of benzene rings is 1. The summed E-state index contributed by atoms with van der Waals surface area (Å²) in [7, 11) is -2.87. The number of amides is 1. The van der Waals surface area contributed by atoms with Gasteiger partial charge in [-0.15, -0.1) is 11.8 Å². The van der Waals surface area contributed by atoms with Crippen molar-refractivity contribution >= 4 is 44.8 Å². The van der Waals surface area contributed by atoms with Crippen molar-refractivity contribution in [3.63, 3.8) is 0 Å². The lowest BCUT2D eigenvalue weighted by Gasteiger charge is -2.36. The molecular weight excluding hydrogens is 368 g/mol. The molecule has 24 heavy (non-hydrogen) atoms. The summed E-state index contributed by atoms with van der Waals surface area (Å²) in [4.78, 5) is 16.4. The van der Waals surface area contributed by atoms with Crippen LogP contribution in [0.5, 0.6) is 0 Å². The van der Waals surface area contributed by atoms with E-state index >= 15 is 0 Å². The average Bonchev–Trinajstić information content (AvgIpc) is 2.92. The second-order valence-electron chi connectivity index (χ2n) is 6.18. The Balaban J connectivity index is 1.45. The van der Waals surface area contributed by atoms with Crippen LogP contribution in [0.4, 0.5) is 5.69 Å². The molecule has 5 nitrogen and oxygen atoms in total. The standard InChI is InChI=1S/C16H21ClN2O3S2/c17-13-2-1-3-14(10-13)18-5-7-19(8-6-18)16(20)11-23-15-4-9-24(21,22)12-15/h1-3,10,15H,4-9,11-12H2/t15-/m0/s1. The van der Waals surface area contributed by atoms with Crippen LogP contribution in [0, 0.1) is 0 Å². The van der Waals surface area contributed by atoms with E-state index in [4.69, 9.17) is 11.6 Å². The van der Waals surface area contributed by atoms with Gasteiger partial charge in [0, 0.05) is 42.1 Å². The van der Waals surface area contributed by atoms with E-state index in [0.717, 1.165) is 18.8 Å². The predicted octanol–water partition coefficient (Wildman–Crippen LogP) is 1.91. The third-order valence-corrected chi connectivity index (χ3v) is 7.94. The lowest BCUT2D eigenvalue weighted by molar-refractivity contribution is -0.128. The number of carbonyl (C=O) groups excluding carboxylic acids is 1. The van der Waals surface area contributed by atoms with Gasteiger partial charge in [0.05, 0.1) is 17.3 Å². The van der Waals surface area contributed by atoms with E-state index in [2.05, 4.69) is 4.90 Å². The summed E-state index contributed by atoms with van der Waals surface area (Å²) in [6.07, 6.45) is 0.669. The maximum absolute atomic E-state index is 12.3. The summed E-state index contributed by atoms with van der Waals surface area (Å²) < 4.78 is 22.9. The van der Waals surface area contributed by atoms with E-state index in [0.29, 0.717) is 30.3 Å².